The minimum absolute atomic E-state index is 0.338. The van der Waals surface area contributed by atoms with Gasteiger partial charge in [0.15, 0.2) is 10.1 Å². The predicted molar refractivity (Wildman–Crippen MR) is 78.2 cm³/mol. The number of urea groups is 1. The van der Waals surface area contributed by atoms with E-state index in [-0.39, 0.29) is 5.82 Å². The molecule has 110 valence electrons. The third kappa shape index (κ3) is 4.19. The average Bonchev–Trinajstić information content (AvgIpc) is 3.05. The summed E-state index contributed by atoms with van der Waals surface area (Å²) in [4.78, 5) is 11.4. The Balaban J connectivity index is 2.02. The molecule has 2 aromatic rings. The number of thiophene rings is 2. The summed E-state index contributed by atoms with van der Waals surface area (Å²) in [5.74, 6) is 5.15. The van der Waals surface area contributed by atoms with Crippen LogP contribution in [-0.4, -0.2) is 22.3 Å². The van der Waals surface area contributed by atoms with E-state index in [0.29, 0.717) is 20.1 Å². The van der Waals surface area contributed by atoms with E-state index in [1.54, 1.807) is 12.1 Å². The molecule has 0 aliphatic heterocycles. The van der Waals surface area contributed by atoms with Crippen LogP contribution in [0.3, 0.4) is 0 Å². The van der Waals surface area contributed by atoms with Crippen LogP contribution in [0.4, 0.5) is 9.18 Å². The van der Waals surface area contributed by atoms with Crippen LogP contribution in [-0.2, 0) is 0 Å². The summed E-state index contributed by atoms with van der Waals surface area (Å²) in [7, 11) is 0. The van der Waals surface area contributed by atoms with Crippen molar-refractivity contribution >= 4 is 28.7 Å². The molecule has 0 bridgehead atoms. The zero-order valence-corrected chi connectivity index (χ0v) is 12.5. The van der Waals surface area contributed by atoms with Gasteiger partial charge in [0.2, 0.25) is 0 Å². The van der Waals surface area contributed by atoms with Crippen LogP contribution in [0.5, 0.6) is 10.1 Å². The lowest BCUT2D eigenvalue weighted by Crippen LogP contribution is -2.38. The predicted octanol–water partition coefficient (Wildman–Crippen LogP) is 3.25. The first kappa shape index (κ1) is 15.3. The van der Waals surface area contributed by atoms with Crippen LogP contribution in [0.15, 0.2) is 23.6 Å². The largest absolute Gasteiger partial charge is 0.436 e. The molecule has 5 nitrogen and oxygen atoms in total. The molecule has 0 aromatic carbocycles. The summed E-state index contributed by atoms with van der Waals surface area (Å²) in [5.41, 5.74) is 4.92. The van der Waals surface area contributed by atoms with E-state index in [0.717, 1.165) is 11.3 Å². The molecule has 0 aliphatic rings. The van der Waals surface area contributed by atoms with Gasteiger partial charge in [-0.3, -0.25) is 5.21 Å². The Labute approximate surface area is 128 Å². The lowest BCUT2D eigenvalue weighted by Gasteiger charge is -2.14. The maximum absolute atomic E-state index is 12.8. The van der Waals surface area contributed by atoms with Gasteiger partial charge in [-0.25, -0.2) is 9.18 Å². The number of nitrogens with zero attached hydrogens (tertiary/aromatic N) is 1. The van der Waals surface area contributed by atoms with E-state index in [9.17, 15) is 14.4 Å². The van der Waals surface area contributed by atoms with Crippen molar-refractivity contribution in [3.8, 4) is 22.0 Å². The van der Waals surface area contributed by atoms with Crippen molar-refractivity contribution in [3.63, 3.8) is 0 Å². The minimum atomic E-state index is -0.966. The third-order valence-electron chi connectivity index (χ3n) is 2.32. The smallest absolute Gasteiger partial charge is 0.339 e. The summed E-state index contributed by atoms with van der Waals surface area (Å²) in [6.45, 7) is 1.54. The number of nitrogens with two attached hydrogens (primary N) is 1. The molecule has 8 heteroatoms. The number of hydroxylamine groups is 2. The number of amides is 2. The van der Waals surface area contributed by atoms with Crippen molar-refractivity contribution in [2.75, 3.05) is 0 Å². The summed E-state index contributed by atoms with van der Waals surface area (Å²) >= 11 is 2.43. The van der Waals surface area contributed by atoms with E-state index in [4.69, 9.17) is 10.5 Å². The molecule has 2 aromatic heterocycles. The van der Waals surface area contributed by atoms with Gasteiger partial charge in [0.1, 0.15) is 11.9 Å². The van der Waals surface area contributed by atoms with Crippen LogP contribution in [0.1, 0.15) is 11.8 Å². The number of halogens is 1. The highest BCUT2D eigenvalue weighted by molar-refractivity contribution is 7.15. The zero-order valence-electron chi connectivity index (χ0n) is 10.9. The Morgan fingerprint density at radius 3 is 2.90 bits per heavy atom. The summed E-state index contributed by atoms with van der Waals surface area (Å²) in [6.07, 6.45) is 0. The Hall–Kier alpha value is -2.08. The van der Waals surface area contributed by atoms with Crippen LogP contribution in [0.2, 0.25) is 0 Å². The standard InChI is InChI=1S/C13H11FN2O3S2/c1-8(16(18)13(15)17)2-3-10-4-5-11(21-10)19-12-6-9(14)7-20-12/h4-8,18H,1H3,(H2,15,17). The molecule has 2 heterocycles. The van der Waals surface area contributed by atoms with Gasteiger partial charge in [-0.15, -0.1) is 11.3 Å². The second kappa shape index (κ2) is 6.58. The normalized spacial score (nSPS) is 11.4. The molecule has 1 atom stereocenters. The van der Waals surface area contributed by atoms with Crippen LogP contribution in [0, 0.1) is 17.7 Å². The van der Waals surface area contributed by atoms with Gasteiger partial charge in [-0.2, -0.15) is 5.06 Å². The topological polar surface area (TPSA) is 75.8 Å². The first-order chi connectivity index (χ1) is 9.95. The van der Waals surface area contributed by atoms with Gasteiger partial charge in [0.05, 0.1) is 4.88 Å². The fourth-order valence-corrected chi connectivity index (χ4v) is 2.72. The minimum Gasteiger partial charge on any atom is -0.436 e. The summed E-state index contributed by atoms with van der Waals surface area (Å²) < 4.78 is 18.3. The molecule has 1 unspecified atom stereocenters. The molecule has 0 saturated carbocycles. The maximum Gasteiger partial charge on any atom is 0.339 e. The van der Waals surface area contributed by atoms with Gasteiger partial charge in [-0.05, 0) is 19.1 Å². The quantitative estimate of drug-likeness (QED) is 0.516. The van der Waals surface area contributed by atoms with E-state index < -0.39 is 12.1 Å². The number of primary amides is 1. The highest BCUT2D eigenvalue weighted by Crippen LogP contribution is 2.32. The Morgan fingerprint density at radius 1 is 1.52 bits per heavy atom. The molecular weight excluding hydrogens is 315 g/mol. The van der Waals surface area contributed by atoms with Crippen LogP contribution < -0.4 is 10.5 Å². The van der Waals surface area contributed by atoms with Gasteiger partial charge >= 0.3 is 6.03 Å². The molecular formula is C13H11FN2O3S2. The molecule has 0 fully saturated rings. The molecule has 2 rings (SSSR count). The number of ether oxygens (including phenoxy) is 1. The van der Waals surface area contributed by atoms with Crippen molar-refractivity contribution in [2.45, 2.75) is 13.0 Å². The Morgan fingerprint density at radius 2 is 2.29 bits per heavy atom. The Bertz CT molecular complexity index is 702. The maximum atomic E-state index is 12.8. The van der Waals surface area contributed by atoms with Crippen molar-refractivity contribution in [1.82, 2.24) is 5.06 Å². The van der Waals surface area contributed by atoms with E-state index in [2.05, 4.69) is 11.8 Å². The van der Waals surface area contributed by atoms with Crippen molar-refractivity contribution in [2.24, 2.45) is 5.73 Å². The lowest BCUT2D eigenvalue weighted by molar-refractivity contribution is -0.0536. The number of hydrogen-bond acceptors (Lipinski definition) is 5. The van der Waals surface area contributed by atoms with Gasteiger partial charge in [0, 0.05) is 11.4 Å². The van der Waals surface area contributed by atoms with Gasteiger partial charge in [0.25, 0.3) is 0 Å². The molecule has 3 N–H and O–H groups in total. The molecule has 0 spiro atoms. The van der Waals surface area contributed by atoms with Crippen molar-refractivity contribution < 1.29 is 19.1 Å². The SMILES string of the molecule is CC(C#Cc1ccc(Oc2cc(F)cs2)s1)N(O)C(N)=O. The molecule has 2 amide bonds. The second-order valence-electron chi connectivity index (χ2n) is 3.93. The summed E-state index contributed by atoms with van der Waals surface area (Å²) in [6, 6.07) is 3.05. The highest BCUT2D eigenvalue weighted by Gasteiger charge is 2.12. The highest BCUT2D eigenvalue weighted by atomic mass is 32.1. The molecule has 0 saturated heterocycles. The molecule has 21 heavy (non-hydrogen) atoms. The molecule has 0 aliphatic carbocycles. The monoisotopic (exact) mass is 326 g/mol. The fourth-order valence-electron chi connectivity index (χ4n) is 1.32. The average molecular weight is 326 g/mol. The van der Waals surface area contributed by atoms with Crippen molar-refractivity contribution in [3.05, 3.63) is 34.3 Å². The summed E-state index contributed by atoms with van der Waals surface area (Å²) in [5, 5.41) is 12.0. The van der Waals surface area contributed by atoms with E-state index >= 15 is 0 Å². The number of carbonyl (C=O) groups is 1. The van der Waals surface area contributed by atoms with E-state index in [1.165, 1.54) is 29.7 Å². The number of carbonyl (C=O) groups excluding carboxylic acids is 1. The van der Waals surface area contributed by atoms with Gasteiger partial charge < -0.3 is 10.5 Å². The number of rotatable bonds is 3. The Kier molecular flexibility index (Phi) is 4.80. The van der Waals surface area contributed by atoms with Crippen LogP contribution >= 0.6 is 22.7 Å². The van der Waals surface area contributed by atoms with Crippen LogP contribution in [0.25, 0.3) is 0 Å². The second-order valence-corrected chi connectivity index (χ2v) is 5.85. The number of hydrogen-bond donors (Lipinski definition) is 2. The molecule has 0 radical (unpaired) electrons. The lowest BCUT2D eigenvalue weighted by atomic mass is 10.3. The fraction of sp³-hybridized carbons (Fsp3) is 0.154. The third-order valence-corrected chi connectivity index (χ3v) is 3.98. The first-order valence-corrected chi connectivity index (χ1v) is 7.46. The zero-order chi connectivity index (χ0) is 15.4. The van der Waals surface area contributed by atoms with Gasteiger partial charge in [-0.1, -0.05) is 23.2 Å². The first-order valence-electron chi connectivity index (χ1n) is 5.76. The van der Waals surface area contributed by atoms with E-state index in [1.807, 2.05) is 0 Å². The van der Waals surface area contributed by atoms with Crippen molar-refractivity contribution in [1.29, 1.82) is 0 Å².